The van der Waals surface area contributed by atoms with Crippen LogP contribution in [-0.2, 0) is 38.7 Å². The van der Waals surface area contributed by atoms with Crippen molar-refractivity contribution in [1.29, 1.82) is 0 Å². The predicted octanol–water partition coefficient (Wildman–Crippen LogP) is -0.875. The minimum absolute atomic E-state index is 0. The van der Waals surface area contributed by atoms with E-state index in [-0.39, 0.29) is 44.0 Å². The summed E-state index contributed by atoms with van der Waals surface area (Å²) in [5, 5.41) is 0. The molecule has 0 saturated heterocycles. The average molecular weight is 243 g/mol. The summed E-state index contributed by atoms with van der Waals surface area (Å²) in [4.78, 5) is 21.6. The molecule has 0 spiro atoms. The van der Waals surface area contributed by atoms with Gasteiger partial charge in [0.05, 0.1) is 0 Å². The van der Waals surface area contributed by atoms with Crippen molar-refractivity contribution in [2.45, 2.75) is 0 Å². The van der Waals surface area contributed by atoms with Gasteiger partial charge in [-0.3, -0.25) is 0 Å². The van der Waals surface area contributed by atoms with E-state index in [1.807, 2.05) is 0 Å². The Labute approximate surface area is 71.2 Å². The topological polar surface area (TPSA) is 77.8 Å². The Morgan fingerprint density at radius 1 is 1.12 bits per heavy atom. The number of phosphoric acid groups is 1. The van der Waals surface area contributed by atoms with Gasteiger partial charge in [0.2, 0.25) is 0 Å². The van der Waals surface area contributed by atoms with E-state index in [0.717, 1.165) is 0 Å². The summed E-state index contributed by atoms with van der Waals surface area (Å²) in [5.74, 6) is 0. The molecule has 8 heavy (non-hydrogen) atoms. The molecule has 0 aromatic carbocycles. The first kappa shape index (κ1) is 22.7. The van der Waals surface area contributed by atoms with Crippen LogP contribution in [0.4, 0.5) is 0 Å². The van der Waals surface area contributed by atoms with Crippen molar-refractivity contribution in [3.63, 3.8) is 0 Å². The van der Waals surface area contributed by atoms with Crippen LogP contribution < -0.4 is 0 Å². The van der Waals surface area contributed by atoms with Crippen LogP contribution in [0.15, 0.2) is 0 Å². The maximum absolute atomic E-state index is 8.88. The van der Waals surface area contributed by atoms with Crippen LogP contribution in [0.2, 0.25) is 0 Å². The smallest absolute Gasteiger partial charge is 0.303 e. The van der Waals surface area contributed by atoms with Crippen molar-refractivity contribution in [3.8, 4) is 0 Å². The second-order valence-corrected chi connectivity index (χ2v) is 1.54. The molecule has 1 atom stereocenters. The number of hydrogen-bond acceptors (Lipinski definition) is 1. The number of rotatable bonds is 0. The summed E-state index contributed by atoms with van der Waals surface area (Å²) in [6, 6.07) is 0. The van der Waals surface area contributed by atoms with Crippen molar-refractivity contribution in [2.75, 3.05) is 0 Å². The van der Waals surface area contributed by atoms with Crippen molar-refractivity contribution >= 4 is 17.7 Å². The van der Waals surface area contributed by atoms with Crippen molar-refractivity contribution in [2.24, 2.45) is 0 Å². The standard InChI is InChI=1S/Fe.Mn.H3O4P.H3P/c;;1-5(2,3)4;/h;;(H3,1,2,3,4);1H3. The average Bonchev–Trinajstić information content (AvgIpc) is 0.722. The molecule has 0 heterocycles. The molecular formula is H6FeMnO4P2. The van der Waals surface area contributed by atoms with E-state index in [1.165, 1.54) is 0 Å². The molecule has 0 amide bonds. The van der Waals surface area contributed by atoms with E-state index in [9.17, 15) is 0 Å². The second-order valence-electron chi connectivity index (χ2n) is 0.513. The quantitative estimate of drug-likeness (QED) is 0.381. The summed E-state index contributed by atoms with van der Waals surface area (Å²) < 4.78 is 8.88. The van der Waals surface area contributed by atoms with Crippen LogP contribution >= 0.6 is 17.7 Å². The molecule has 0 aromatic heterocycles. The predicted molar refractivity (Wildman–Crippen MR) is 25.4 cm³/mol. The van der Waals surface area contributed by atoms with Crippen molar-refractivity contribution in [3.05, 3.63) is 0 Å². The van der Waals surface area contributed by atoms with E-state index >= 15 is 0 Å². The minimum Gasteiger partial charge on any atom is -0.303 e. The summed E-state index contributed by atoms with van der Waals surface area (Å²) in [6.07, 6.45) is 0. The van der Waals surface area contributed by atoms with Crippen LogP contribution in [0.5, 0.6) is 0 Å². The van der Waals surface area contributed by atoms with Crippen molar-refractivity contribution in [1.82, 2.24) is 0 Å². The van der Waals surface area contributed by atoms with Crippen LogP contribution in [0.3, 0.4) is 0 Å². The van der Waals surface area contributed by atoms with Gasteiger partial charge in [0, 0.05) is 34.1 Å². The summed E-state index contributed by atoms with van der Waals surface area (Å²) >= 11 is 0. The van der Waals surface area contributed by atoms with E-state index in [2.05, 4.69) is 0 Å². The van der Waals surface area contributed by atoms with Crippen LogP contribution in [0, 0.1) is 0 Å². The van der Waals surface area contributed by atoms with Gasteiger partial charge in [-0.05, 0) is 0 Å². The van der Waals surface area contributed by atoms with Gasteiger partial charge in [-0.25, -0.2) is 4.57 Å². The monoisotopic (exact) mass is 243 g/mol. The van der Waals surface area contributed by atoms with Gasteiger partial charge >= 0.3 is 7.82 Å². The van der Waals surface area contributed by atoms with Gasteiger partial charge in [-0.1, -0.05) is 0 Å². The Hall–Kier alpha value is 1.58. The molecule has 55 valence electrons. The fraction of sp³-hybridized carbons (Fsp3) is 0. The van der Waals surface area contributed by atoms with E-state index in [4.69, 9.17) is 19.2 Å². The molecule has 0 bridgehead atoms. The van der Waals surface area contributed by atoms with E-state index < -0.39 is 7.82 Å². The molecule has 1 radical (unpaired) electrons. The third-order valence-corrected chi connectivity index (χ3v) is 0. The van der Waals surface area contributed by atoms with Crippen LogP contribution in [0.1, 0.15) is 0 Å². The minimum atomic E-state index is -4.64. The zero-order chi connectivity index (χ0) is 4.50. The maximum Gasteiger partial charge on any atom is 0.466 e. The molecule has 0 aliphatic heterocycles. The first-order valence-corrected chi connectivity index (χ1v) is 2.35. The molecule has 1 unspecified atom stereocenters. The Balaban J connectivity index is -0.0000000267. The molecule has 0 aliphatic carbocycles. The van der Waals surface area contributed by atoms with Crippen molar-refractivity contribution < 1.29 is 53.4 Å². The molecule has 0 aliphatic rings. The molecule has 0 fully saturated rings. The largest absolute Gasteiger partial charge is 0.466 e. The molecule has 4 nitrogen and oxygen atoms in total. The zero-order valence-electron chi connectivity index (χ0n) is 3.64. The Morgan fingerprint density at radius 2 is 1.12 bits per heavy atom. The Kier molecular flexibility index (Phi) is 24.3. The van der Waals surface area contributed by atoms with E-state index in [0.29, 0.717) is 0 Å². The van der Waals surface area contributed by atoms with Gasteiger partial charge in [0.15, 0.2) is 0 Å². The van der Waals surface area contributed by atoms with Gasteiger partial charge in [0.25, 0.3) is 0 Å². The van der Waals surface area contributed by atoms with Crippen LogP contribution in [-0.4, -0.2) is 14.7 Å². The zero-order valence-corrected chi connectivity index (χ0v) is 8.23. The van der Waals surface area contributed by atoms with Gasteiger partial charge in [-0.2, -0.15) is 9.90 Å². The normalized spacial score (nSPS) is 7.38. The fourth-order valence-corrected chi connectivity index (χ4v) is 0. The molecule has 8 heteroatoms. The third-order valence-electron chi connectivity index (χ3n) is 0. The summed E-state index contributed by atoms with van der Waals surface area (Å²) in [7, 11) is -4.64. The Morgan fingerprint density at radius 3 is 1.12 bits per heavy atom. The SMILES string of the molecule is O=P(O)(O)O.P.[Fe].[Mn]. The Bertz CT molecular complexity index is 60.2. The number of hydrogen-bond donors (Lipinski definition) is 3. The van der Waals surface area contributed by atoms with Gasteiger partial charge in [-0.15, -0.1) is 0 Å². The third kappa shape index (κ3) is 132. The molecule has 3 N–H and O–H groups in total. The first-order valence-electron chi connectivity index (χ1n) is 0.783. The molecular weight excluding hydrogens is 237 g/mol. The van der Waals surface area contributed by atoms with Gasteiger partial charge in [0.1, 0.15) is 0 Å². The molecule has 0 saturated carbocycles. The second kappa shape index (κ2) is 8.58. The molecule has 0 rings (SSSR count). The maximum atomic E-state index is 8.88. The summed E-state index contributed by atoms with van der Waals surface area (Å²) in [5.41, 5.74) is 0. The van der Waals surface area contributed by atoms with E-state index in [1.54, 1.807) is 0 Å². The van der Waals surface area contributed by atoms with Crippen LogP contribution in [0.25, 0.3) is 0 Å². The summed E-state index contributed by atoms with van der Waals surface area (Å²) in [6.45, 7) is 0. The fourth-order valence-electron chi connectivity index (χ4n) is 0. The molecule has 0 aromatic rings. The van der Waals surface area contributed by atoms with Gasteiger partial charge < -0.3 is 14.7 Å². The first-order chi connectivity index (χ1) is 2.00.